The van der Waals surface area contributed by atoms with Crippen molar-refractivity contribution >= 4 is 6.29 Å². The highest BCUT2D eigenvalue weighted by molar-refractivity contribution is 5.62. The summed E-state index contributed by atoms with van der Waals surface area (Å²) in [6, 6.07) is 7.09. The first-order chi connectivity index (χ1) is 7.57. The molecular weight excluding hydrogens is 208 g/mol. The van der Waals surface area contributed by atoms with E-state index in [0.717, 1.165) is 5.56 Å². The van der Waals surface area contributed by atoms with Gasteiger partial charge in [-0.05, 0) is 24.6 Å². The zero-order valence-corrected chi connectivity index (χ0v) is 9.22. The highest BCUT2D eigenvalue weighted by atomic mass is 16.5. The molecule has 0 bridgehead atoms. The van der Waals surface area contributed by atoms with Crippen LogP contribution in [0.5, 0.6) is 5.75 Å². The minimum atomic E-state index is -1.35. The summed E-state index contributed by atoms with van der Waals surface area (Å²) in [5.74, 6) is 0.619. The van der Waals surface area contributed by atoms with E-state index in [0.29, 0.717) is 12.0 Å². The molecule has 1 rings (SSSR count). The van der Waals surface area contributed by atoms with Crippen molar-refractivity contribution in [1.82, 2.24) is 0 Å². The molecule has 0 spiro atoms. The molecule has 0 fully saturated rings. The van der Waals surface area contributed by atoms with E-state index >= 15 is 0 Å². The molecule has 0 aromatic heterocycles. The second-order valence-corrected chi connectivity index (χ2v) is 3.87. The number of ether oxygens (including phenoxy) is 1. The normalized spacial score (nSPS) is 14.2. The van der Waals surface area contributed by atoms with Gasteiger partial charge in [0, 0.05) is 6.42 Å². The Labute approximate surface area is 94.5 Å². The molecule has 4 heteroatoms. The highest BCUT2D eigenvalue weighted by Gasteiger charge is 2.19. The van der Waals surface area contributed by atoms with Gasteiger partial charge >= 0.3 is 0 Å². The van der Waals surface area contributed by atoms with Crippen LogP contribution in [0.3, 0.4) is 0 Å². The van der Waals surface area contributed by atoms with Crippen LogP contribution < -0.4 is 4.74 Å². The highest BCUT2D eigenvalue weighted by Crippen LogP contribution is 2.17. The van der Waals surface area contributed by atoms with Gasteiger partial charge in [0.1, 0.15) is 18.0 Å². The summed E-state index contributed by atoms with van der Waals surface area (Å²) in [6.07, 6.45) is 0.765. The van der Waals surface area contributed by atoms with Gasteiger partial charge < -0.3 is 19.7 Å². The zero-order valence-electron chi connectivity index (χ0n) is 9.22. The summed E-state index contributed by atoms with van der Waals surface area (Å²) in [4.78, 5) is 10.6. The van der Waals surface area contributed by atoms with Crippen LogP contribution in [0, 0.1) is 0 Å². The summed E-state index contributed by atoms with van der Waals surface area (Å²) in [6.45, 7) is 1.64. The Balaban J connectivity index is 2.70. The molecule has 1 unspecified atom stereocenters. The topological polar surface area (TPSA) is 66.8 Å². The van der Waals surface area contributed by atoms with E-state index in [9.17, 15) is 9.90 Å². The minimum Gasteiger partial charge on any atom is -0.491 e. The molecule has 0 amide bonds. The van der Waals surface area contributed by atoms with Gasteiger partial charge in [-0.3, -0.25) is 0 Å². The average Bonchev–Trinajstić information content (AvgIpc) is 2.26. The Morgan fingerprint density at radius 2 is 2.25 bits per heavy atom. The summed E-state index contributed by atoms with van der Waals surface area (Å²) in [5.41, 5.74) is -0.539. The van der Waals surface area contributed by atoms with Crippen LogP contribution in [0.4, 0.5) is 0 Å². The fraction of sp³-hybridized carbons (Fsp3) is 0.417. The first kappa shape index (κ1) is 12.7. The maximum Gasteiger partial charge on any atom is 0.151 e. The molecule has 0 aliphatic carbocycles. The Morgan fingerprint density at radius 3 is 2.88 bits per heavy atom. The lowest BCUT2D eigenvalue weighted by atomic mass is 9.98. The van der Waals surface area contributed by atoms with Crippen molar-refractivity contribution in [3.63, 3.8) is 0 Å². The SMILES string of the molecule is CC(O)(C=O)Cc1cccc(OCCO)c1. The largest absolute Gasteiger partial charge is 0.491 e. The van der Waals surface area contributed by atoms with Gasteiger partial charge in [-0.2, -0.15) is 0 Å². The van der Waals surface area contributed by atoms with Crippen LogP contribution in [0.15, 0.2) is 24.3 Å². The maximum absolute atomic E-state index is 10.6. The number of benzene rings is 1. The van der Waals surface area contributed by atoms with Gasteiger partial charge in [-0.1, -0.05) is 12.1 Å². The molecule has 0 aliphatic heterocycles. The summed E-state index contributed by atoms with van der Waals surface area (Å²) in [7, 11) is 0. The molecule has 0 saturated heterocycles. The smallest absolute Gasteiger partial charge is 0.151 e. The number of aldehydes is 1. The molecule has 2 N–H and O–H groups in total. The molecule has 1 aromatic rings. The number of aliphatic hydroxyl groups excluding tert-OH is 1. The van der Waals surface area contributed by atoms with Crippen LogP contribution in [0.2, 0.25) is 0 Å². The van der Waals surface area contributed by atoms with Gasteiger partial charge in [0.25, 0.3) is 0 Å². The molecular formula is C12H16O4. The third-order valence-corrected chi connectivity index (χ3v) is 2.07. The van der Waals surface area contributed by atoms with E-state index in [2.05, 4.69) is 0 Å². The molecule has 4 nitrogen and oxygen atoms in total. The van der Waals surface area contributed by atoms with Crippen LogP contribution in [0.1, 0.15) is 12.5 Å². The van der Waals surface area contributed by atoms with Crippen molar-refractivity contribution in [3.8, 4) is 5.75 Å². The van der Waals surface area contributed by atoms with Crippen molar-refractivity contribution in [1.29, 1.82) is 0 Å². The summed E-state index contributed by atoms with van der Waals surface area (Å²) >= 11 is 0. The lowest BCUT2D eigenvalue weighted by Crippen LogP contribution is -2.28. The number of rotatable bonds is 6. The number of hydrogen-bond donors (Lipinski definition) is 2. The quantitative estimate of drug-likeness (QED) is 0.692. The van der Waals surface area contributed by atoms with Crippen LogP contribution in [-0.2, 0) is 11.2 Å². The molecule has 16 heavy (non-hydrogen) atoms. The number of carbonyl (C=O) groups is 1. The van der Waals surface area contributed by atoms with Crippen LogP contribution in [0.25, 0.3) is 0 Å². The molecule has 1 aromatic carbocycles. The predicted octanol–water partition coefficient (Wildman–Crippen LogP) is 0.550. The van der Waals surface area contributed by atoms with Crippen molar-refractivity contribution in [3.05, 3.63) is 29.8 Å². The number of carbonyl (C=O) groups excluding carboxylic acids is 1. The molecule has 0 saturated carbocycles. The fourth-order valence-corrected chi connectivity index (χ4v) is 1.36. The molecule has 0 aliphatic rings. The van der Waals surface area contributed by atoms with Gasteiger partial charge in [0.05, 0.1) is 6.61 Å². The van der Waals surface area contributed by atoms with Crippen LogP contribution >= 0.6 is 0 Å². The van der Waals surface area contributed by atoms with Crippen molar-refractivity contribution in [2.75, 3.05) is 13.2 Å². The van der Waals surface area contributed by atoms with E-state index in [4.69, 9.17) is 9.84 Å². The Kier molecular flexibility index (Phi) is 4.46. The molecule has 0 radical (unpaired) electrons. The van der Waals surface area contributed by atoms with Gasteiger partial charge in [-0.25, -0.2) is 0 Å². The minimum absolute atomic E-state index is 0.0454. The van der Waals surface area contributed by atoms with Gasteiger partial charge in [0.2, 0.25) is 0 Å². The lowest BCUT2D eigenvalue weighted by Gasteiger charge is -2.15. The van der Waals surface area contributed by atoms with Gasteiger partial charge in [0.15, 0.2) is 6.29 Å². The Hall–Kier alpha value is -1.39. The fourth-order valence-electron chi connectivity index (χ4n) is 1.36. The first-order valence-electron chi connectivity index (χ1n) is 5.09. The monoisotopic (exact) mass is 224 g/mol. The second-order valence-electron chi connectivity index (χ2n) is 3.87. The van der Waals surface area contributed by atoms with Crippen molar-refractivity contribution in [2.45, 2.75) is 18.9 Å². The molecule has 1 atom stereocenters. The number of aliphatic hydroxyl groups is 2. The predicted molar refractivity (Wildman–Crippen MR) is 59.4 cm³/mol. The first-order valence-corrected chi connectivity index (χ1v) is 5.09. The van der Waals surface area contributed by atoms with Crippen molar-refractivity contribution < 1.29 is 19.7 Å². The average molecular weight is 224 g/mol. The standard InChI is InChI=1S/C12H16O4/c1-12(15,9-14)8-10-3-2-4-11(7-10)16-6-5-13/h2-4,7,9,13,15H,5-6,8H2,1H3. The van der Waals surface area contributed by atoms with E-state index < -0.39 is 5.60 Å². The second kappa shape index (κ2) is 5.63. The molecule has 0 heterocycles. The van der Waals surface area contributed by atoms with Crippen LogP contribution in [-0.4, -0.2) is 35.3 Å². The van der Waals surface area contributed by atoms with E-state index in [-0.39, 0.29) is 19.6 Å². The summed E-state index contributed by atoms with van der Waals surface area (Å²) in [5, 5.41) is 18.2. The molecule has 88 valence electrons. The Bertz CT molecular complexity index is 347. The van der Waals surface area contributed by atoms with E-state index in [1.54, 1.807) is 18.2 Å². The van der Waals surface area contributed by atoms with Crippen molar-refractivity contribution in [2.24, 2.45) is 0 Å². The van der Waals surface area contributed by atoms with E-state index in [1.807, 2.05) is 6.07 Å². The van der Waals surface area contributed by atoms with E-state index in [1.165, 1.54) is 6.92 Å². The third-order valence-electron chi connectivity index (χ3n) is 2.07. The summed E-state index contributed by atoms with van der Waals surface area (Å²) < 4.78 is 5.22. The Morgan fingerprint density at radius 1 is 1.50 bits per heavy atom. The number of hydrogen-bond acceptors (Lipinski definition) is 4. The third kappa shape index (κ3) is 4.00. The maximum atomic E-state index is 10.6. The van der Waals surface area contributed by atoms with Gasteiger partial charge in [-0.15, -0.1) is 0 Å². The lowest BCUT2D eigenvalue weighted by molar-refractivity contribution is -0.122. The zero-order chi connectivity index (χ0) is 12.0.